The molecule has 24 heavy (non-hydrogen) atoms. The number of rotatable bonds is 8. The van der Waals surface area contributed by atoms with Gasteiger partial charge in [-0.15, -0.1) is 0 Å². The first-order chi connectivity index (χ1) is 11.5. The number of halogens is 1. The van der Waals surface area contributed by atoms with Crippen molar-refractivity contribution in [3.8, 4) is 0 Å². The quantitative estimate of drug-likeness (QED) is 0.747. The maximum absolute atomic E-state index is 14.0. The molecule has 1 aromatic carbocycles. The maximum Gasteiger partial charge on any atom is 0.339 e. The third-order valence-corrected chi connectivity index (χ3v) is 3.56. The molecule has 0 aliphatic heterocycles. The predicted octanol–water partition coefficient (Wildman–Crippen LogP) is 2.91. The average molecular weight is 336 g/mol. The molecule has 0 bridgehead atoms. The zero-order valence-corrected chi connectivity index (χ0v) is 14.0. The first-order valence-electron chi connectivity index (χ1n) is 7.74. The van der Waals surface area contributed by atoms with Crippen molar-refractivity contribution < 1.29 is 23.8 Å². The highest BCUT2D eigenvalue weighted by Crippen LogP contribution is 2.30. The molecule has 7 heteroatoms. The van der Waals surface area contributed by atoms with Crippen LogP contribution < -0.4 is 4.90 Å². The Hall–Kier alpha value is -2.25. The van der Waals surface area contributed by atoms with Gasteiger partial charge in [-0.3, -0.25) is 4.98 Å². The van der Waals surface area contributed by atoms with E-state index in [-0.39, 0.29) is 11.1 Å². The Kier molecular flexibility index (Phi) is 6.05. The van der Waals surface area contributed by atoms with Gasteiger partial charge in [0.2, 0.25) is 0 Å². The molecule has 0 saturated heterocycles. The average Bonchev–Trinajstić information content (AvgIpc) is 2.54. The summed E-state index contributed by atoms with van der Waals surface area (Å²) in [5.74, 6) is -1.62. The van der Waals surface area contributed by atoms with Crippen molar-refractivity contribution in [2.24, 2.45) is 0 Å². The van der Waals surface area contributed by atoms with Gasteiger partial charge in [0, 0.05) is 31.8 Å². The number of carboxylic acids is 1. The lowest BCUT2D eigenvalue weighted by Gasteiger charge is -2.27. The van der Waals surface area contributed by atoms with Gasteiger partial charge in [-0.1, -0.05) is 12.1 Å². The zero-order valence-electron chi connectivity index (χ0n) is 14.0. The number of carboxylic acid groups (broad SMARTS) is 1. The number of carbonyl (C=O) groups is 1. The van der Waals surface area contributed by atoms with Gasteiger partial charge in [0.25, 0.3) is 0 Å². The number of benzene rings is 1. The SMILES string of the molecule is CCOC(CN(C)c1c(C(=O)O)cnc2c(F)cccc12)OCC. The molecule has 0 spiro atoms. The van der Waals surface area contributed by atoms with Crippen molar-refractivity contribution in [3.63, 3.8) is 0 Å². The number of hydrogen-bond donors (Lipinski definition) is 1. The fraction of sp³-hybridized carbons (Fsp3) is 0.412. The van der Waals surface area contributed by atoms with Crippen LogP contribution in [0.5, 0.6) is 0 Å². The van der Waals surface area contributed by atoms with E-state index in [9.17, 15) is 14.3 Å². The highest BCUT2D eigenvalue weighted by Gasteiger charge is 2.21. The van der Waals surface area contributed by atoms with Crippen molar-refractivity contribution >= 4 is 22.6 Å². The molecule has 0 aliphatic rings. The number of para-hydroxylation sites is 1. The molecule has 0 amide bonds. The minimum absolute atomic E-state index is 0.00217. The molecule has 1 aromatic heterocycles. The second-order valence-electron chi connectivity index (χ2n) is 5.18. The minimum atomic E-state index is -1.13. The van der Waals surface area contributed by atoms with E-state index in [2.05, 4.69) is 4.98 Å². The predicted molar refractivity (Wildman–Crippen MR) is 89.0 cm³/mol. The van der Waals surface area contributed by atoms with Gasteiger partial charge >= 0.3 is 5.97 Å². The first kappa shape index (κ1) is 18.1. The number of ether oxygens (including phenoxy) is 2. The molecule has 0 saturated carbocycles. The summed E-state index contributed by atoms with van der Waals surface area (Å²) in [4.78, 5) is 17.2. The number of aromatic carboxylic acids is 1. The molecule has 0 atom stereocenters. The number of fused-ring (bicyclic) bond motifs is 1. The Bertz CT molecular complexity index is 717. The summed E-state index contributed by atoms with van der Waals surface area (Å²) in [7, 11) is 1.72. The Morgan fingerprint density at radius 2 is 2.00 bits per heavy atom. The number of likely N-dealkylation sites (N-methyl/N-ethyl adjacent to an activating group) is 1. The van der Waals surface area contributed by atoms with E-state index >= 15 is 0 Å². The number of hydrogen-bond acceptors (Lipinski definition) is 5. The lowest BCUT2D eigenvalue weighted by atomic mass is 10.1. The van der Waals surface area contributed by atoms with Crippen molar-refractivity contribution in [2.75, 3.05) is 31.7 Å². The Labute approximate surface area is 139 Å². The van der Waals surface area contributed by atoms with E-state index in [0.717, 1.165) is 0 Å². The van der Waals surface area contributed by atoms with Crippen LogP contribution in [0.15, 0.2) is 24.4 Å². The Morgan fingerprint density at radius 3 is 2.58 bits per heavy atom. The fourth-order valence-corrected chi connectivity index (χ4v) is 2.58. The summed E-state index contributed by atoms with van der Waals surface area (Å²) in [6.45, 7) is 4.95. The number of aromatic nitrogens is 1. The molecule has 0 fully saturated rings. The van der Waals surface area contributed by atoms with Gasteiger partial charge in [0.05, 0.1) is 12.2 Å². The standard InChI is InChI=1S/C17H21FN2O4/c1-4-23-14(24-5-2)10-20(3)16-11-7-6-8-13(18)15(11)19-9-12(16)17(21)22/h6-9,14H,4-5,10H2,1-3H3,(H,21,22). The number of anilines is 1. The lowest BCUT2D eigenvalue weighted by molar-refractivity contribution is -0.129. The molecule has 6 nitrogen and oxygen atoms in total. The van der Waals surface area contributed by atoms with Crippen LogP contribution in [-0.4, -0.2) is 49.2 Å². The van der Waals surface area contributed by atoms with Crippen molar-refractivity contribution in [2.45, 2.75) is 20.1 Å². The Balaban J connectivity index is 2.49. The van der Waals surface area contributed by atoms with E-state index in [4.69, 9.17) is 9.47 Å². The van der Waals surface area contributed by atoms with E-state index in [1.165, 1.54) is 18.3 Å². The third kappa shape index (κ3) is 3.80. The van der Waals surface area contributed by atoms with Crippen LogP contribution >= 0.6 is 0 Å². The molecular weight excluding hydrogens is 315 g/mol. The van der Waals surface area contributed by atoms with Gasteiger partial charge < -0.3 is 19.5 Å². The number of nitrogens with zero attached hydrogens (tertiary/aromatic N) is 2. The van der Waals surface area contributed by atoms with Crippen LogP contribution in [0.25, 0.3) is 10.9 Å². The van der Waals surface area contributed by atoms with E-state index in [0.29, 0.717) is 30.8 Å². The minimum Gasteiger partial charge on any atom is -0.478 e. The van der Waals surface area contributed by atoms with Gasteiger partial charge in [0.15, 0.2) is 6.29 Å². The molecule has 0 radical (unpaired) electrons. The third-order valence-electron chi connectivity index (χ3n) is 3.56. The van der Waals surface area contributed by atoms with Gasteiger partial charge in [-0.2, -0.15) is 0 Å². The normalized spacial score (nSPS) is 11.2. The van der Waals surface area contributed by atoms with Gasteiger partial charge in [-0.25, -0.2) is 9.18 Å². The summed E-state index contributed by atoms with van der Waals surface area (Å²) in [5.41, 5.74) is 0.521. The molecule has 1 heterocycles. The molecular formula is C17H21FN2O4. The summed E-state index contributed by atoms with van der Waals surface area (Å²) in [5, 5.41) is 9.90. The largest absolute Gasteiger partial charge is 0.478 e. The van der Waals surface area contributed by atoms with Crippen molar-refractivity contribution in [3.05, 3.63) is 35.8 Å². The monoisotopic (exact) mass is 336 g/mol. The fourth-order valence-electron chi connectivity index (χ4n) is 2.58. The summed E-state index contributed by atoms with van der Waals surface area (Å²) in [6.07, 6.45) is 0.666. The van der Waals surface area contributed by atoms with Crippen LogP contribution in [0, 0.1) is 5.82 Å². The topological polar surface area (TPSA) is 71.9 Å². The second-order valence-corrected chi connectivity index (χ2v) is 5.18. The highest BCUT2D eigenvalue weighted by molar-refractivity contribution is 6.04. The summed E-state index contributed by atoms with van der Waals surface area (Å²) >= 11 is 0. The van der Waals surface area contributed by atoms with E-state index < -0.39 is 18.1 Å². The summed E-state index contributed by atoms with van der Waals surface area (Å²) in [6, 6.07) is 4.48. The van der Waals surface area contributed by atoms with Crippen LogP contribution in [-0.2, 0) is 9.47 Å². The molecule has 0 aliphatic carbocycles. The van der Waals surface area contributed by atoms with Gasteiger partial charge in [0.1, 0.15) is 16.9 Å². The smallest absolute Gasteiger partial charge is 0.339 e. The van der Waals surface area contributed by atoms with Crippen LogP contribution in [0.1, 0.15) is 24.2 Å². The zero-order chi connectivity index (χ0) is 17.7. The first-order valence-corrected chi connectivity index (χ1v) is 7.74. The van der Waals surface area contributed by atoms with Gasteiger partial charge in [-0.05, 0) is 19.9 Å². The number of pyridine rings is 1. The summed E-state index contributed by atoms with van der Waals surface area (Å²) < 4.78 is 25.0. The molecule has 130 valence electrons. The molecule has 1 N–H and O–H groups in total. The van der Waals surface area contributed by atoms with Crippen LogP contribution in [0.4, 0.5) is 10.1 Å². The van der Waals surface area contributed by atoms with E-state index in [1.807, 2.05) is 13.8 Å². The maximum atomic E-state index is 14.0. The van der Waals surface area contributed by atoms with Crippen molar-refractivity contribution in [1.29, 1.82) is 0 Å². The molecule has 2 rings (SSSR count). The highest BCUT2D eigenvalue weighted by atomic mass is 19.1. The van der Waals surface area contributed by atoms with E-state index in [1.54, 1.807) is 18.0 Å². The molecule has 2 aromatic rings. The Morgan fingerprint density at radius 1 is 1.33 bits per heavy atom. The van der Waals surface area contributed by atoms with Crippen molar-refractivity contribution in [1.82, 2.24) is 4.98 Å². The second kappa shape index (κ2) is 8.03. The lowest BCUT2D eigenvalue weighted by Crippen LogP contribution is -2.34. The van der Waals surface area contributed by atoms with Crippen LogP contribution in [0.3, 0.4) is 0 Å². The van der Waals surface area contributed by atoms with Crippen LogP contribution in [0.2, 0.25) is 0 Å². The molecule has 0 unspecified atom stereocenters.